The van der Waals surface area contributed by atoms with Crippen molar-refractivity contribution in [2.75, 3.05) is 11.9 Å². The molecular weight excluding hydrogens is 256 g/mol. The summed E-state index contributed by atoms with van der Waals surface area (Å²) >= 11 is 0. The number of aliphatic hydroxyl groups excluding tert-OH is 3. The first-order valence-electron chi connectivity index (χ1n) is 5.66. The highest BCUT2D eigenvalue weighted by Crippen LogP contribution is 2.24. The van der Waals surface area contributed by atoms with E-state index in [9.17, 15) is 20.3 Å². The predicted octanol–water partition coefficient (Wildman–Crippen LogP) is -0.554. The molecule has 8 nitrogen and oxygen atoms in total. The van der Waals surface area contributed by atoms with Gasteiger partial charge in [-0.05, 0) is 6.07 Å². The quantitative estimate of drug-likeness (QED) is 0.427. The van der Waals surface area contributed by atoms with Gasteiger partial charge in [0, 0.05) is 17.8 Å². The van der Waals surface area contributed by atoms with E-state index < -0.39 is 36.1 Å². The summed E-state index contributed by atoms with van der Waals surface area (Å²) in [5.74, 6) is 0. The van der Waals surface area contributed by atoms with E-state index in [0.717, 1.165) is 0 Å². The van der Waals surface area contributed by atoms with Gasteiger partial charge in [0.05, 0.1) is 11.5 Å². The molecule has 4 atom stereocenters. The molecule has 0 unspecified atom stereocenters. The zero-order valence-corrected chi connectivity index (χ0v) is 9.84. The van der Waals surface area contributed by atoms with E-state index >= 15 is 0 Å². The number of hydrogen-bond acceptors (Lipinski definition) is 7. The average Bonchev–Trinajstić information content (AvgIpc) is 2.67. The van der Waals surface area contributed by atoms with Crippen LogP contribution >= 0.6 is 0 Å². The van der Waals surface area contributed by atoms with Gasteiger partial charge in [0.2, 0.25) is 0 Å². The number of nitro groups is 1. The van der Waals surface area contributed by atoms with Crippen molar-refractivity contribution < 1.29 is 25.0 Å². The standard InChI is InChI=1S/C11H14N2O6/c14-5-8-9(15)10(16)11(19-8)12-6-2-1-3-7(4-6)13(17)18/h1-4,8-12,14-16H,5H2/t8-,9+,10-,11-/m1/s1. The van der Waals surface area contributed by atoms with Gasteiger partial charge in [-0.1, -0.05) is 6.07 Å². The number of nitrogens with zero attached hydrogens (tertiary/aromatic N) is 1. The molecule has 0 aliphatic carbocycles. The third-order valence-corrected chi connectivity index (χ3v) is 2.91. The Morgan fingerprint density at radius 3 is 2.68 bits per heavy atom. The smallest absolute Gasteiger partial charge is 0.271 e. The third kappa shape index (κ3) is 2.82. The van der Waals surface area contributed by atoms with E-state index in [1.54, 1.807) is 6.07 Å². The molecule has 0 spiro atoms. The predicted molar refractivity (Wildman–Crippen MR) is 64.5 cm³/mol. The average molecular weight is 270 g/mol. The van der Waals surface area contributed by atoms with Crippen LogP contribution in [0.3, 0.4) is 0 Å². The van der Waals surface area contributed by atoms with Gasteiger partial charge in [0.1, 0.15) is 18.3 Å². The Balaban J connectivity index is 2.09. The fourth-order valence-electron chi connectivity index (χ4n) is 1.89. The molecule has 0 radical (unpaired) electrons. The summed E-state index contributed by atoms with van der Waals surface area (Å²) in [5.41, 5.74) is 0.279. The summed E-state index contributed by atoms with van der Waals surface area (Å²) in [6.45, 7) is -0.425. The Morgan fingerprint density at radius 2 is 2.11 bits per heavy atom. The van der Waals surface area contributed by atoms with Crippen LogP contribution in [0.4, 0.5) is 11.4 Å². The maximum absolute atomic E-state index is 10.6. The van der Waals surface area contributed by atoms with Crippen molar-refractivity contribution in [2.45, 2.75) is 24.5 Å². The number of aliphatic hydroxyl groups is 3. The van der Waals surface area contributed by atoms with Crippen molar-refractivity contribution in [1.29, 1.82) is 0 Å². The first-order chi connectivity index (χ1) is 9.02. The third-order valence-electron chi connectivity index (χ3n) is 2.91. The normalized spacial score (nSPS) is 30.3. The molecule has 104 valence electrons. The number of rotatable bonds is 4. The van der Waals surface area contributed by atoms with Gasteiger partial charge in [-0.25, -0.2) is 0 Å². The number of nitro benzene ring substituents is 1. The molecule has 1 aliphatic rings. The van der Waals surface area contributed by atoms with E-state index in [1.165, 1.54) is 18.2 Å². The minimum atomic E-state index is -1.23. The van der Waals surface area contributed by atoms with Crippen molar-refractivity contribution in [1.82, 2.24) is 0 Å². The van der Waals surface area contributed by atoms with Crippen LogP contribution in [0.1, 0.15) is 0 Å². The molecular formula is C11H14N2O6. The molecule has 19 heavy (non-hydrogen) atoms. The Hall–Kier alpha value is -1.74. The van der Waals surface area contributed by atoms with Gasteiger partial charge in [-0.3, -0.25) is 10.1 Å². The number of non-ortho nitro benzene ring substituents is 1. The molecule has 0 bridgehead atoms. The second kappa shape index (κ2) is 5.49. The van der Waals surface area contributed by atoms with Gasteiger partial charge in [-0.2, -0.15) is 0 Å². The maximum Gasteiger partial charge on any atom is 0.271 e. The topological polar surface area (TPSA) is 125 Å². The summed E-state index contributed by atoms with van der Waals surface area (Å²) in [6, 6.07) is 5.68. The SMILES string of the molecule is O=[N+]([O-])c1cccc(N[C@@H]2O[C@H](CO)[C@H](O)[C@H]2O)c1. The molecule has 0 saturated carbocycles. The number of nitrogens with one attached hydrogen (secondary N) is 1. The molecule has 8 heteroatoms. The van der Waals surface area contributed by atoms with Crippen molar-refractivity contribution in [2.24, 2.45) is 0 Å². The first-order valence-corrected chi connectivity index (χ1v) is 5.66. The Bertz CT molecular complexity index is 468. The summed E-state index contributed by atoms with van der Waals surface area (Å²) in [6.07, 6.45) is -4.25. The van der Waals surface area contributed by atoms with Crippen LogP contribution in [-0.2, 0) is 4.74 Å². The summed E-state index contributed by atoms with van der Waals surface area (Å²) in [7, 11) is 0. The van der Waals surface area contributed by atoms with Crippen LogP contribution < -0.4 is 5.32 Å². The molecule has 0 aromatic heterocycles. The molecule has 1 saturated heterocycles. The minimum Gasteiger partial charge on any atom is -0.394 e. The van der Waals surface area contributed by atoms with Crippen LogP contribution in [0.5, 0.6) is 0 Å². The lowest BCUT2D eigenvalue weighted by atomic mass is 10.1. The number of benzene rings is 1. The number of anilines is 1. The highest BCUT2D eigenvalue weighted by Gasteiger charge is 2.42. The molecule has 1 fully saturated rings. The molecule has 1 aromatic rings. The first kappa shape index (κ1) is 13.7. The van der Waals surface area contributed by atoms with Gasteiger partial charge in [0.15, 0.2) is 6.23 Å². The van der Waals surface area contributed by atoms with Crippen LogP contribution in [0.2, 0.25) is 0 Å². The van der Waals surface area contributed by atoms with Gasteiger partial charge < -0.3 is 25.4 Å². The molecule has 1 heterocycles. The van der Waals surface area contributed by atoms with Crippen molar-refractivity contribution >= 4 is 11.4 Å². The lowest BCUT2D eigenvalue weighted by Gasteiger charge is -2.17. The monoisotopic (exact) mass is 270 g/mol. The van der Waals surface area contributed by atoms with Crippen molar-refractivity contribution in [3.05, 3.63) is 34.4 Å². The molecule has 4 N–H and O–H groups in total. The van der Waals surface area contributed by atoms with Crippen LogP contribution in [0.15, 0.2) is 24.3 Å². The Kier molecular flexibility index (Phi) is 3.96. The van der Waals surface area contributed by atoms with Crippen molar-refractivity contribution in [3.8, 4) is 0 Å². The van der Waals surface area contributed by atoms with Gasteiger partial charge in [-0.15, -0.1) is 0 Å². The van der Waals surface area contributed by atoms with Gasteiger partial charge in [0.25, 0.3) is 5.69 Å². The van der Waals surface area contributed by atoms with E-state index in [-0.39, 0.29) is 5.69 Å². The van der Waals surface area contributed by atoms with Crippen molar-refractivity contribution in [3.63, 3.8) is 0 Å². The van der Waals surface area contributed by atoms with E-state index in [1.807, 2.05) is 0 Å². The Morgan fingerprint density at radius 1 is 1.37 bits per heavy atom. The zero-order valence-electron chi connectivity index (χ0n) is 9.84. The fourth-order valence-corrected chi connectivity index (χ4v) is 1.89. The lowest BCUT2D eigenvalue weighted by Crippen LogP contribution is -2.36. The second-order valence-corrected chi connectivity index (χ2v) is 4.21. The Labute approximate surface area is 108 Å². The van der Waals surface area contributed by atoms with Crippen LogP contribution in [-0.4, -0.2) is 51.4 Å². The van der Waals surface area contributed by atoms with E-state index in [0.29, 0.717) is 5.69 Å². The van der Waals surface area contributed by atoms with Gasteiger partial charge >= 0.3 is 0 Å². The van der Waals surface area contributed by atoms with Crippen LogP contribution in [0.25, 0.3) is 0 Å². The molecule has 0 amide bonds. The molecule has 1 aromatic carbocycles. The zero-order chi connectivity index (χ0) is 14.0. The second-order valence-electron chi connectivity index (χ2n) is 4.21. The maximum atomic E-state index is 10.6. The fraction of sp³-hybridized carbons (Fsp3) is 0.455. The minimum absolute atomic E-state index is 0.100. The highest BCUT2D eigenvalue weighted by molar-refractivity contribution is 5.51. The molecule has 2 rings (SSSR count). The van der Waals surface area contributed by atoms with E-state index in [2.05, 4.69) is 5.32 Å². The van der Waals surface area contributed by atoms with E-state index in [4.69, 9.17) is 9.84 Å². The summed E-state index contributed by atoms with van der Waals surface area (Å²) in [4.78, 5) is 10.1. The lowest BCUT2D eigenvalue weighted by molar-refractivity contribution is -0.384. The number of hydrogen-bond donors (Lipinski definition) is 4. The van der Waals surface area contributed by atoms with Crippen LogP contribution in [0, 0.1) is 10.1 Å². The summed E-state index contributed by atoms with van der Waals surface area (Å²) < 4.78 is 5.21. The molecule has 1 aliphatic heterocycles. The highest BCUT2D eigenvalue weighted by atomic mass is 16.6. The largest absolute Gasteiger partial charge is 0.394 e. The summed E-state index contributed by atoms with van der Waals surface area (Å²) in [5, 5.41) is 41.6. The number of ether oxygens (including phenoxy) is 1.